The summed E-state index contributed by atoms with van der Waals surface area (Å²) >= 11 is 0. The summed E-state index contributed by atoms with van der Waals surface area (Å²) < 4.78 is 0. The topological polar surface area (TPSA) is 102 Å². The fourth-order valence-corrected chi connectivity index (χ4v) is 2.24. The zero-order chi connectivity index (χ0) is 14.5. The molecule has 0 unspecified atom stereocenters. The second-order valence-electron chi connectivity index (χ2n) is 4.87. The Hall–Kier alpha value is -1.96. The summed E-state index contributed by atoms with van der Waals surface area (Å²) in [7, 11) is 0. The number of hydrogen-bond donors (Lipinski definition) is 2. The van der Waals surface area contributed by atoms with Crippen LogP contribution in [0.4, 0.5) is 0 Å². The van der Waals surface area contributed by atoms with Gasteiger partial charge < -0.3 is 10.0 Å². The van der Waals surface area contributed by atoms with Gasteiger partial charge in [0.1, 0.15) is 5.71 Å². The van der Waals surface area contributed by atoms with Gasteiger partial charge in [0.25, 0.3) is 5.91 Å². The van der Waals surface area contributed by atoms with Gasteiger partial charge in [-0.2, -0.15) is 5.10 Å². The van der Waals surface area contributed by atoms with Crippen LogP contribution in [0.5, 0.6) is 0 Å². The van der Waals surface area contributed by atoms with E-state index in [0.717, 1.165) is 0 Å². The molecule has 2 aliphatic rings. The largest absolute Gasteiger partial charge is 0.481 e. The van der Waals surface area contributed by atoms with E-state index in [0.29, 0.717) is 51.3 Å². The lowest BCUT2D eigenvalue weighted by Crippen LogP contribution is -2.51. The van der Waals surface area contributed by atoms with Gasteiger partial charge in [0.05, 0.1) is 6.42 Å². The summed E-state index contributed by atoms with van der Waals surface area (Å²) in [6.45, 7) is 2.96. The predicted octanol–water partition coefficient (Wildman–Crippen LogP) is -1.13. The molecule has 110 valence electrons. The Morgan fingerprint density at radius 2 is 1.90 bits per heavy atom. The monoisotopic (exact) mass is 282 g/mol. The minimum absolute atomic E-state index is 0.118. The summed E-state index contributed by atoms with van der Waals surface area (Å²) in [5.41, 5.74) is 2.71. The van der Waals surface area contributed by atoms with Gasteiger partial charge >= 0.3 is 5.97 Å². The first kappa shape index (κ1) is 14.4. The van der Waals surface area contributed by atoms with E-state index in [2.05, 4.69) is 10.5 Å². The van der Waals surface area contributed by atoms with Crippen LogP contribution in [0.2, 0.25) is 0 Å². The average Bonchev–Trinajstić information content (AvgIpc) is 2.46. The maximum absolute atomic E-state index is 12.2. The summed E-state index contributed by atoms with van der Waals surface area (Å²) in [5.74, 6) is -1.11. The van der Waals surface area contributed by atoms with E-state index in [1.807, 2.05) is 4.90 Å². The van der Waals surface area contributed by atoms with Crippen LogP contribution in [0.25, 0.3) is 0 Å². The number of hydrazone groups is 1. The number of carbonyl (C=O) groups excluding carboxylic acids is 2. The van der Waals surface area contributed by atoms with Crippen molar-refractivity contribution in [2.75, 3.05) is 32.7 Å². The van der Waals surface area contributed by atoms with Crippen molar-refractivity contribution in [3.05, 3.63) is 0 Å². The van der Waals surface area contributed by atoms with E-state index in [1.54, 1.807) is 4.90 Å². The van der Waals surface area contributed by atoms with Crippen LogP contribution >= 0.6 is 0 Å². The molecule has 0 aromatic carbocycles. The molecule has 0 radical (unpaired) electrons. The Balaban J connectivity index is 1.80. The van der Waals surface area contributed by atoms with Crippen LogP contribution in [0.15, 0.2) is 5.10 Å². The number of nitrogens with one attached hydrogen (secondary N) is 1. The number of rotatable bonds is 4. The van der Waals surface area contributed by atoms with Crippen LogP contribution in [0.1, 0.15) is 19.3 Å². The Bertz CT molecular complexity index is 441. The lowest BCUT2D eigenvalue weighted by molar-refractivity contribution is -0.138. The highest BCUT2D eigenvalue weighted by atomic mass is 16.4. The Kier molecular flexibility index (Phi) is 4.67. The number of carbonyl (C=O) groups is 3. The number of aliphatic carboxylic acids is 1. The van der Waals surface area contributed by atoms with E-state index in [1.165, 1.54) is 0 Å². The van der Waals surface area contributed by atoms with Gasteiger partial charge in [-0.05, 0) is 0 Å². The molecule has 0 bridgehead atoms. The first-order valence-electron chi connectivity index (χ1n) is 6.65. The molecule has 2 rings (SSSR count). The van der Waals surface area contributed by atoms with Gasteiger partial charge in [-0.3, -0.25) is 19.3 Å². The first-order valence-corrected chi connectivity index (χ1v) is 6.65. The maximum atomic E-state index is 12.2. The summed E-state index contributed by atoms with van der Waals surface area (Å²) in [6.07, 6.45) is 0.791. The van der Waals surface area contributed by atoms with Crippen LogP contribution in [0.3, 0.4) is 0 Å². The second-order valence-corrected chi connectivity index (χ2v) is 4.87. The second kappa shape index (κ2) is 6.47. The fourth-order valence-electron chi connectivity index (χ4n) is 2.24. The quantitative estimate of drug-likeness (QED) is 0.679. The van der Waals surface area contributed by atoms with Gasteiger partial charge in [-0.25, -0.2) is 5.43 Å². The molecular weight excluding hydrogens is 264 g/mol. The van der Waals surface area contributed by atoms with Gasteiger partial charge in [-0.1, -0.05) is 0 Å². The molecular formula is C12H18N4O4. The molecule has 0 spiro atoms. The molecule has 8 heteroatoms. The van der Waals surface area contributed by atoms with E-state index in [9.17, 15) is 14.4 Å². The summed E-state index contributed by atoms with van der Waals surface area (Å²) in [4.78, 5) is 37.4. The van der Waals surface area contributed by atoms with Gasteiger partial charge in [0.2, 0.25) is 5.91 Å². The highest BCUT2D eigenvalue weighted by Gasteiger charge is 2.26. The van der Waals surface area contributed by atoms with Crippen molar-refractivity contribution in [3.63, 3.8) is 0 Å². The van der Waals surface area contributed by atoms with E-state index in [-0.39, 0.29) is 18.2 Å². The standard InChI is InChI=1S/C12H18N4O4/c17-10-2-1-9(13-14-10)12(20)16-7-5-15(6-8-16)4-3-11(18)19/h1-8H2,(H,14,17)(H,18,19). The van der Waals surface area contributed by atoms with Gasteiger partial charge in [0, 0.05) is 45.6 Å². The Morgan fingerprint density at radius 1 is 1.20 bits per heavy atom. The SMILES string of the molecule is O=C(O)CCN1CCN(C(=O)C2=NNC(=O)CC2)CC1. The molecule has 1 fully saturated rings. The van der Waals surface area contributed by atoms with Crippen molar-refractivity contribution >= 4 is 23.5 Å². The molecule has 0 atom stereocenters. The zero-order valence-electron chi connectivity index (χ0n) is 11.2. The molecule has 2 heterocycles. The molecule has 2 amide bonds. The minimum Gasteiger partial charge on any atom is -0.481 e. The minimum atomic E-state index is -0.809. The van der Waals surface area contributed by atoms with Crippen LogP contribution in [0, 0.1) is 0 Å². The predicted molar refractivity (Wildman–Crippen MR) is 70.1 cm³/mol. The molecule has 0 aromatic heterocycles. The Labute approximate surface area is 116 Å². The molecule has 1 saturated heterocycles. The Morgan fingerprint density at radius 3 is 2.45 bits per heavy atom. The number of carboxylic acid groups (broad SMARTS) is 1. The third-order valence-electron chi connectivity index (χ3n) is 3.45. The van der Waals surface area contributed by atoms with Crippen LogP contribution < -0.4 is 5.43 Å². The number of amides is 2. The summed E-state index contributed by atoms with van der Waals surface area (Å²) in [6, 6.07) is 0. The van der Waals surface area contributed by atoms with Crippen LogP contribution in [-0.2, 0) is 14.4 Å². The number of piperazine rings is 1. The molecule has 8 nitrogen and oxygen atoms in total. The van der Waals surface area contributed by atoms with Crippen molar-refractivity contribution in [1.29, 1.82) is 0 Å². The van der Waals surface area contributed by atoms with E-state index >= 15 is 0 Å². The molecule has 2 N–H and O–H groups in total. The number of hydrogen-bond acceptors (Lipinski definition) is 5. The third-order valence-corrected chi connectivity index (χ3v) is 3.45. The fraction of sp³-hybridized carbons (Fsp3) is 0.667. The molecule has 0 aliphatic carbocycles. The summed E-state index contributed by atoms with van der Waals surface area (Å²) in [5, 5.41) is 12.4. The smallest absolute Gasteiger partial charge is 0.304 e. The third kappa shape index (κ3) is 3.77. The molecule has 2 aliphatic heterocycles. The van der Waals surface area contributed by atoms with E-state index in [4.69, 9.17) is 5.11 Å². The normalized spacial score (nSPS) is 20.3. The van der Waals surface area contributed by atoms with Gasteiger partial charge in [0.15, 0.2) is 0 Å². The number of nitrogens with zero attached hydrogens (tertiary/aromatic N) is 3. The molecule has 20 heavy (non-hydrogen) atoms. The first-order chi connectivity index (χ1) is 9.56. The van der Waals surface area contributed by atoms with Crippen molar-refractivity contribution in [2.45, 2.75) is 19.3 Å². The highest BCUT2D eigenvalue weighted by Crippen LogP contribution is 2.07. The van der Waals surface area contributed by atoms with E-state index < -0.39 is 5.97 Å². The van der Waals surface area contributed by atoms with Crippen LogP contribution in [-0.4, -0.2) is 71.1 Å². The van der Waals surface area contributed by atoms with Crippen molar-refractivity contribution in [2.24, 2.45) is 5.10 Å². The average molecular weight is 282 g/mol. The lowest BCUT2D eigenvalue weighted by Gasteiger charge is -2.34. The zero-order valence-corrected chi connectivity index (χ0v) is 11.2. The maximum Gasteiger partial charge on any atom is 0.304 e. The van der Waals surface area contributed by atoms with Crippen molar-refractivity contribution in [3.8, 4) is 0 Å². The van der Waals surface area contributed by atoms with Crippen molar-refractivity contribution in [1.82, 2.24) is 15.2 Å². The number of carboxylic acids is 1. The molecule has 0 aromatic rings. The molecule has 0 saturated carbocycles. The van der Waals surface area contributed by atoms with Gasteiger partial charge in [-0.15, -0.1) is 0 Å². The van der Waals surface area contributed by atoms with Crippen molar-refractivity contribution < 1.29 is 19.5 Å². The lowest BCUT2D eigenvalue weighted by atomic mass is 10.1. The highest BCUT2D eigenvalue weighted by molar-refractivity contribution is 6.39.